The zero-order valence-corrected chi connectivity index (χ0v) is 15.9. The number of nitrogens with one attached hydrogen (secondary N) is 1. The number of aromatic amines is 1. The number of carbonyl (C=O) groups is 1. The van der Waals surface area contributed by atoms with Gasteiger partial charge >= 0.3 is 0 Å². The van der Waals surface area contributed by atoms with Crippen LogP contribution in [0.3, 0.4) is 0 Å². The highest BCUT2D eigenvalue weighted by atomic mass is 32.2. The van der Waals surface area contributed by atoms with Crippen LogP contribution in [0, 0.1) is 5.92 Å². The first-order chi connectivity index (χ1) is 12.2. The van der Waals surface area contributed by atoms with Gasteiger partial charge in [0, 0.05) is 53.7 Å². The summed E-state index contributed by atoms with van der Waals surface area (Å²) in [6.45, 7) is 1.28. The molecule has 0 unspecified atom stereocenters. The summed E-state index contributed by atoms with van der Waals surface area (Å²) in [6.07, 6.45) is 1.74. The van der Waals surface area contributed by atoms with Gasteiger partial charge < -0.3 is 14.6 Å². The van der Waals surface area contributed by atoms with Crippen LogP contribution in [-0.2, 0) is 13.6 Å². The van der Waals surface area contributed by atoms with Gasteiger partial charge in [-0.1, -0.05) is 18.2 Å². The Bertz CT molecular complexity index is 828. The SMILES string of the molecule is COCCN1C(=O)C[C@H]2C[C@@H]1c1c([nH]c3ccccc13)C21SCCS1. The van der Waals surface area contributed by atoms with E-state index in [0.717, 1.165) is 6.42 Å². The molecule has 4 nitrogen and oxygen atoms in total. The van der Waals surface area contributed by atoms with Crippen LogP contribution in [0.25, 0.3) is 10.9 Å². The van der Waals surface area contributed by atoms with E-state index in [4.69, 9.17) is 4.74 Å². The molecule has 25 heavy (non-hydrogen) atoms. The molecule has 3 heterocycles. The molecule has 1 amide bonds. The van der Waals surface area contributed by atoms with Crippen molar-refractivity contribution in [1.29, 1.82) is 0 Å². The molecular formula is C19H22N2O2S2. The number of aromatic nitrogens is 1. The lowest BCUT2D eigenvalue weighted by Crippen LogP contribution is -2.50. The lowest BCUT2D eigenvalue weighted by molar-refractivity contribution is -0.140. The number of hydrogen-bond acceptors (Lipinski definition) is 4. The van der Waals surface area contributed by atoms with Crippen molar-refractivity contribution < 1.29 is 9.53 Å². The average molecular weight is 375 g/mol. The Balaban J connectivity index is 1.71. The highest BCUT2D eigenvalue weighted by Crippen LogP contribution is 2.65. The lowest BCUT2D eigenvalue weighted by atomic mass is 9.76. The number of thioether (sulfide) groups is 2. The number of methoxy groups -OCH3 is 1. The number of likely N-dealkylation sites (tertiary alicyclic amines) is 1. The van der Waals surface area contributed by atoms with Gasteiger partial charge in [-0.3, -0.25) is 4.79 Å². The first kappa shape index (κ1) is 16.1. The van der Waals surface area contributed by atoms with Crippen molar-refractivity contribution in [3.8, 4) is 0 Å². The quantitative estimate of drug-likeness (QED) is 0.889. The van der Waals surface area contributed by atoms with Crippen molar-refractivity contribution in [2.45, 2.75) is 23.0 Å². The van der Waals surface area contributed by atoms with Crippen LogP contribution >= 0.6 is 23.5 Å². The number of hydrogen-bond donors (Lipinski definition) is 1. The number of piperidine rings is 1. The summed E-state index contributed by atoms with van der Waals surface area (Å²) in [7, 11) is 1.70. The van der Waals surface area contributed by atoms with Crippen molar-refractivity contribution in [2.75, 3.05) is 31.8 Å². The topological polar surface area (TPSA) is 45.3 Å². The molecule has 2 atom stereocenters. The van der Waals surface area contributed by atoms with Crippen LogP contribution in [0.2, 0.25) is 0 Å². The van der Waals surface area contributed by atoms with E-state index < -0.39 is 0 Å². The maximum atomic E-state index is 13.0. The second kappa shape index (κ2) is 5.96. The van der Waals surface area contributed by atoms with Crippen LogP contribution in [-0.4, -0.2) is 47.6 Å². The van der Waals surface area contributed by atoms with Crippen molar-refractivity contribution in [3.05, 3.63) is 35.5 Å². The Morgan fingerprint density at radius 1 is 1.32 bits per heavy atom. The Morgan fingerprint density at radius 2 is 2.12 bits per heavy atom. The van der Waals surface area contributed by atoms with E-state index >= 15 is 0 Å². The third-order valence-electron chi connectivity index (χ3n) is 5.84. The highest BCUT2D eigenvalue weighted by Gasteiger charge is 2.56. The van der Waals surface area contributed by atoms with Gasteiger partial charge in [-0.15, -0.1) is 23.5 Å². The molecule has 2 saturated heterocycles. The van der Waals surface area contributed by atoms with Crippen molar-refractivity contribution >= 4 is 40.3 Å². The number of H-pyrrole nitrogens is 1. The average Bonchev–Trinajstić information content (AvgIpc) is 3.25. The summed E-state index contributed by atoms with van der Waals surface area (Å²) < 4.78 is 5.31. The van der Waals surface area contributed by atoms with Crippen LogP contribution in [0.5, 0.6) is 0 Å². The van der Waals surface area contributed by atoms with Crippen molar-refractivity contribution in [1.82, 2.24) is 9.88 Å². The first-order valence-electron chi connectivity index (χ1n) is 8.92. The van der Waals surface area contributed by atoms with Gasteiger partial charge in [0.15, 0.2) is 0 Å². The number of rotatable bonds is 3. The molecule has 1 N–H and O–H groups in total. The second-order valence-corrected chi connectivity index (χ2v) is 10.00. The number of amides is 1. The summed E-state index contributed by atoms with van der Waals surface area (Å²) >= 11 is 4.10. The highest BCUT2D eigenvalue weighted by molar-refractivity contribution is 8.20. The number of nitrogens with zero attached hydrogens (tertiary/aromatic N) is 1. The summed E-state index contributed by atoms with van der Waals surface area (Å²) in [6, 6.07) is 8.74. The van der Waals surface area contributed by atoms with E-state index in [1.54, 1.807) is 7.11 Å². The molecule has 1 spiro atoms. The molecule has 2 aromatic rings. The van der Waals surface area contributed by atoms with Gasteiger partial charge in [0.25, 0.3) is 0 Å². The third-order valence-corrected chi connectivity index (χ3v) is 9.56. The minimum Gasteiger partial charge on any atom is -0.383 e. The molecular weight excluding hydrogens is 352 g/mol. The normalized spacial score (nSPS) is 27.2. The van der Waals surface area contributed by atoms with E-state index in [-0.39, 0.29) is 10.1 Å². The molecule has 1 aliphatic carbocycles. The second-order valence-electron chi connectivity index (χ2n) is 7.06. The standard InChI is InChI=1S/C19H22N2O2S2/c1-23-7-6-21-15-10-12(11-16(21)22)19(24-8-9-25-19)18-17(15)13-4-2-3-5-14(13)20-18/h2-5,12,15,20H,6-11H2,1H3/t12-,15-/m1/s1. The Kier molecular flexibility index (Phi) is 3.84. The molecule has 1 aromatic heterocycles. The van der Waals surface area contributed by atoms with Crippen LogP contribution < -0.4 is 0 Å². The van der Waals surface area contributed by atoms with Crippen LogP contribution in [0.4, 0.5) is 0 Å². The molecule has 0 radical (unpaired) electrons. The smallest absolute Gasteiger partial charge is 0.223 e. The summed E-state index contributed by atoms with van der Waals surface area (Å²) in [5, 5.41) is 1.28. The fraction of sp³-hybridized carbons (Fsp3) is 0.526. The number of ether oxygens (including phenoxy) is 1. The predicted molar refractivity (Wildman–Crippen MR) is 104 cm³/mol. The van der Waals surface area contributed by atoms with Gasteiger partial charge in [0.2, 0.25) is 5.91 Å². The van der Waals surface area contributed by atoms with Gasteiger partial charge in [-0.05, 0) is 18.4 Å². The van der Waals surface area contributed by atoms with E-state index in [9.17, 15) is 4.79 Å². The van der Waals surface area contributed by atoms with E-state index in [0.29, 0.717) is 31.4 Å². The number of carbonyl (C=O) groups excluding carboxylic acids is 1. The molecule has 6 heteroatoms. The van der Waals surface area contributed by atoms with Gasteiger partial charge in [-0.25, -0.2) is 0 Å². The fourth-order valence-electron chi connectivity index (χ4n) is 4.81. The minimum absolute atomic E-state index is 0.0356. The summed E-state index contributed by atoms with van der Waals surface area (Å²) in [5.41, 5.74) is 3.93. The maximum absolute atomic E-state index is 13.0. The van der Waals surface area contributed by atoms with E-state index in [1.807, 2.05) is 23.5 Å². The van der Waals surface area contributed by atoms with Gasteiger partial charge in [0.05, 0.1) is 12.6 Å². The zero-order chi connectivity index (χ0) is 17.0. The van der Waals surface area contributed by atoms with Crippen LogP contribution in [0.15, 0.2) is 24.3 Å². The van der Waals surface area contributed by atoms with Gasteiger partial charge in [0.1, 0.15) is 4.08 Å². The number of para-hydroxylation sites is 1. The van der Waals surface area contributed by atoms with Crippen LogP contribution in [0.1, 0.15) is 30.1 Å². The largest absolute Gasteiger partial charge is 0.383 e. The first-order valence-corrected chi connectivity index (χ1v) is 10.9. The Morgan fingerprint density at radius 3 is 2.92 bits per heavy atom. The third kappa shape index (κ3) is 2.23. The minimum atomic E-state index is 0.0356. The zero-order valence-electron chi connectivity index (χ0n) is 14.3. The van der Waals surface area contributed by atoms with Gasteiger partial charge in [-0.2, -0.15) is 0 Å². The molecule has 2 fully saturated rings. The predicted octanol–water partition coefficient (Wildman–Crippen LogP) is 3.74. The lowest BCUT2D eigenvalue weighted by Gasteiger charge is -2.50. The molecule has 2 aliphatic heterocycles. The molecule has 132 valence electrons. The van der Waals surface area contributed by atoms with E-state index in [2.05, 4.69) is 34.1 Å². The summed E-state index contributed by atoms with van der Waals surface area (Å²) in [5.74, 6) is 3.05. The fourth-order valence-corrected chi connectivity index (χ4v) is 8.36. The molecule has 1 aromatic carbocycles. The monoisotopic (exact) mass is 374 g/mol. The maximum Gasteiger partial charge on any atom is 0.223 e. The van der Waals surface area contributed by atoms with Crippen molar-refractivity contribution in [3.63, 3.8) is 0 Å². The number of fused-ring (bicyclic) bond motifs is 8. The molecule has 0 saturated carbocycles. The Labute approximate surface area is 156 Å². The summed E-state index contributed by atoms with van der Waals surface area (Å²) in [4.78, 5) is 18.8. The molecule has 5 rings (SSSR count). The number of benzene rings is 1. The Hall–Kier alpha value is -1.11. The van der Waals surface area contributed by atoms with E-state index in [1.165, 1.54) is 33.7 Å². The molecule has 3 aliphatic rings. The van der Waals surface area contributed by atoms with Crippen molar-refractivity contribution in [2.24, 2.45) is 5.92 Å². The molecule has 2 bridgehead atoms.